The molecule has 0 fully saturated rings. The van der Waals surface area contributed by atoms with Gasteiger partial charge in [-0.3, -0.25) is 9.59 Å². The van der Waals surface area contributed by atoms with Crippen molar-refractivity contribution in [3.63, 3.8) is 0 Å². The van der Waals surface area contributed by atoms with Crippen LogP contribution in [0, 0.1) is 5.92 Å². The van der Waals surface area contributed by atoms with Crippen LogP contribution in [-0.2, 0) is 23.9 Å². The first kappa shape index (κ1) is 34.0. The van der Waals surface area contributed by atoms with Gasteiger partial charge in [-0.2, -0.15) is 0 Å². The van der Waals surface area contributed by atoms with E-state index in [-0.39, 0.29) is 31.4 Å². The van der Waals surface area contributed by atoms with Gasteiger partial charge in [0.05, 0.1) is 6.61 Å². The summed E-state index contributed by atoms with van der Waals surface area (Å²) >= 11 is 0. The van der Waals surface area contributed by atoms with Gasteiger partial charge in [0, 0.05) is 12.1 Å². The van der Waals surface area contributed by atoms with Crippen molar-refractivity contribution < 1.29 is 44.3 Å². The summed E-state index contributed by atoms with van der Waals surface area (Å²) in [5, 5.41) is 39.5. The average Bonchev–Trinajstić information content (AvgIpc) is 3.17. The number of hydrogen-bond donors (Lipinski definition) is 4. The third-order valence-corrected chi connectivity index (χ3v) is 7.13. The lowest BCUT2D eigenvalue weighted by atomic mass is 9.76. The molecule has 0 saturated carbocycles. The Morgan fingerprint density at radius 2 is 1.72 bits per heavy atom. The number of aliphatic carboxylic acids is 2. The normalized spacial score (nSPS) is 18.3. The first-order valence-electron chi connectivity index (χ1n) is 13.5. The molecule has 10 heteroatoms. The van der Waals surface area contributed by atoms with Crippen molar-refractivity contribution in [2.24, 2.45) is 5.92 Å². The van der Waals surface area contributed by atoms with Crippen molar-refractivity contribution >= 4 is 23.8 Å². The van der Waals surface area contributed by atoms with Crippen LogP contribution in [0.2, 0.25) is 0 Å². The quantitative estimate of drug-likeness (QED) is 0.147. The lowest BCUT2D eigenvalue weighted by molar-refractivity contribution is -0.210. The lowest BCUT2D eigenvalue weighted by Gasteiger charge is -2.37. The highest BCUT2D eigenvalue weighted by molar-refractivity contribution is 5.97. The summed E-state index contributed by atoms with van der Waals surface area (Å²) in [6, 6.07) is 0. The minimum absolute atomic E-state index is 0.0467. The van der Waals surface area contributed by atoms with Crippen LogP contribution in [0.5, 0.6) is 0 Å². The summed E-state index contributed by atoms with van der Waals surface area (Å²) in [7, 11) is 0. The van der Waals surface area contributed by atoms with Crippen LogP contribution in [0.3, 0.4) is 0 Å². The third-order valence-electron chi connectivity index (χ3n) is 7.13. The van der Waals surface area contributed by atoms with Crippen molar-refractivity contribution in [1.82, 2.24) is 4.90 Å². The highest BCUT2D eigenvalue weighted by atomic mass is 16.6. The van der Waals surface area contributed by atoms with Crippen LogP contribution >= 0.6 is 0 Å². The molecule has 0 aromatic heterocycles. The highest BCUT2D eigenvalue weighted by Crippen LogP contribution is 2.33. The van der Waals surface area contributed by atoms with E-state index in [0.29, 0.717) is 25.0 Å². The van der Waals surface area contributed by atoms with Crippen LogP contribution in [0.4, 0.5) is 0 Å². The van der Waals surface area contributed by atoms with Gasteiger partial charge in [-0.25, -0.2) is 9.59 Å². The van der Waals surface area contributed by atoms with E-state index < -0.39 is 29.1 Å². The Labute approximate surface area is 231 Å². The number of amides is 1. The molecule has 0 bridgehead atoms. The van der Waals surface area contributed by atoms with E-state index in [2.05, 4.69) is 12.2 Å². The Bertz CT molecular complexity index is 979. The van der Waals surface area contributed by atoms with Crippen LogP contribution in [0.1, 0.15) is 86.0 Å². The number of carbonyl (C=O) groups excluding carboxylic acids is 2. The van der Waals surface area contributed by atoms with Crippen molar-refractivity contribution in [2.75, 3.05) is 19.7 Å². The molecule has 3 atom stereocenters. The minimum atomic E-state index is -2.68. The van der Waals surface area contributed by atoms with Gasteiger partial charge in [0.25, 0.3) is 0 Å². The first-order chi connectivity index (χ1) is 18.1. The zero-order valence-corrected chi connectivity index (χ0v) is 23.9. The number of rotatable bonds is 18. The molecule has 1 amide bonds. The number of carbonyl (C=O) groups is 4. The number of allylic oxidation sites excluding steroid dienone is 4. The maximum atomic E-state index is 12.4. The molecule has 0 spiro atoms. The van der Waals surface area contributed by atoms with Crippen molar-refractivity contribution in [2.45, 2.75) is 97.2 Å². The Hall–Kier alpha value is -2.98. The zero-order valence-electron chi connectivity index (χ0n) is 23.9. The number of nitrogens with zero attached hydrogens (tertiary/aromatic N) is 1. The Kier molecular flexibility index (Phi) is 13.6. The number of carboxylic acids is 2. The molecule has 0 aromatic rings. The Balaban J connectivity index is 2.47. The minimum Gasteiger partial charge on any atom is -0.480 e. The maximum absolute atomic E-state index is 12.4. The fraction of sp³-hybridized carbons (Fsp3) is 0.655. The van der Waals surface area contributed by atoms with E-state index >= 15 is 0 Å². The van der Waals surface area contributed by atoms with Crippen molar-refractivity contribution in [3.05, 3.63) is 34.9 Å². The van der Waals surface area contributed by atoms with Gasteiger partial charge in [0.1, 0.15) is 6.54 Å². The fourth-order valence-corrected chi connectivity index (χ4v) is 4.57. The predicted octanol–water partition coefficient (Wildman–Crippen LogP) is 3.62. The molecule has 0 radical (unpaired) electrons. The van der Waals surface area contributed by atoms with Gasteiger partial charge in [-0.05, 0) is 78.6 Å². The van der Waals surface area contributed by atoms with Gasteiger partial charge < -0.3 is 30.1 Å². The molecule has 0 aliphatic carbocycles. The summed E-state index contributed by atoms with van der Waals surface area (Å²) in [5.74, 6) is -4.29. The van der Waals surface area contributed by atoms with E-state index in [0.717, 1.165) is 39.0 Å². The topological polar surface area (TPSA) is 162 Å². The number of ether oxygens (including phenoxy) is 1. The standard InChI is InChI=1S/C29H45NO9/c1-6-39-27(36)29(38,28(5,37)26(34)35)18-22(4)14-8-12-20(2)10-7-11-21(3)13-9-15-23-16-17-30(25(23)33)19-24(31)32/h10,13,16,22,37-38H,6-9,11-12,14-15,17-19H2,1-5H3,(H,31,32)(H,34,35)/b20-10+,21-13+/t22-,28?,29?/m0/s1. The number of carboxylic acid groups (broad SMARTS) is 2. The molecule has 1 aliphatic heterocycles. The molecule has 220 valence electrons. The van der Waals surface area contributed by atoms with Crippen LogP contribution in [-0.4, -0.2) is 80.0 Å². The summed E-state index contributed by atoms with van der Waals surface area (Å²) < 4.78 is 4.86. The smallest absolute Gasteiger partial charge is 0.341 e. The maximum Gasteiger partial charge on any atom is 0.341 e. The first-order valence-corrected chi connectivity index (χ1v) is 13.5. The fourth-order valence-electron chi connectivity index (χ4n) is 4.57. The number of esters is 1. The predicted molar refractivity (Wildman–Crippen MR) is 146 cm³/mol. The summed E-state index contributed by atoms with van der Waals surface area (Å²) in [6.07, 6.45) is 11.1. The summed E-state index contributed by atoms with van der Waals surface area (Å²) in [6.45, 7) is 8.35. The van der Waals surface area contributed by atoms with E-state index in [9.17, 15) is 34.5 Å². The van der Waals surface area contributed by atoms with Gasteiger partial charge in [0.15, 0.2) is 5.60 Å². The molecule has 0 saturated heterocycles. The van der Waals surface area contributed by atoms with Gasteiger partial charge in [-0.1, -0.05) is 42.7 Å². The molecule has 1 heterocycles. The Morgan fingerprint density at radius 1 is 1.10 bits per heavy atom. The van der Waals surface area contributed by atoms with Gasteiger partial charge in [-0.15, -0.1) is 0 Å². The van der Waals surface area contributed by atoms with Gasteiger partial charge >= 0.3 is 17.9 Å². The van der Waals surface area contributed by atoms with E-state index in [4.69, 9.17) is 9.84 Å². The molecule has 10 nitrogen and oxygen atoms in total. The summed E-state index contributed by atoms with van der Waals surface area (Å²) in [5.41, 5.74) is -2.16. The van der Waals surface area contributed by atoms with E-state index in [1.54, 1.807) is 19.9 Å². The molecular weight excluding hydrogens is 506 g/mol. The second kappa shape index (κ2) is 15.6. The molecule has 1 aliphatic rings. The lowest BCUT2D eigenvalue weighted by Crippen LogP contribution is -2.63. The summed E-state index contributed by atoms with van der Waals surface area (Å²) in [4.78, 5) is 48.2. The molecule has 4 N–H and O–H groups in total. The third kappa shape index (κ3) is 10.3. The van der Waals surface area contributed by atoms with E-state index in [1.165, 1.54) is 16.0 Å². The monoisotopic (exact) mass is 551 g/mol. The van der Waals surface area contributed by atoms with E-state index in [1.807, 2.05) is 13.8 Å². The van der Waals surface area contributed by atoms with Crippen LogP contribution < -0.4 is 0 Å². The van der Waals surface area contributed by atoms with Gasteiger partial charge in [0.2, 0.25) is 11.5 Å². The van der Waals surface area contributed by atoms with Crippen LogP contribution in [0.25, 0.3) is 0 Å². The molecule has 39 heavy (non-hydrogen) atoms. The zero-order chi connectivity index (χ0) is 29.8. The number of hydrogen-bond acceptors (Lipinski definition) is 7. The Morgan fingerprint density at radius 3 is 2.31 bits per heavy atom. The molecule has 1 rings (SSSR count). The molecule has 0 aromatic carbocycles. The largest absolute Gasteiger partial charge is 0.480 e. The average molecular weight is 552 g/mol. The van der Waals surface area contributed by atoms with Crippen molar-refractivity contribution in [1.29, 1.82) is 0 Å². The second-order valence-corrected chi connectivity index (χ2v) is 10.6. The number of aliphatic hydroxyl groups is 2. The SMILES string of the molecule is CCOC(=O)C(O)(C[C@@H](C)CCC/C(C)=C/CC/C(C)=C/CCC1=CCN(CC(=O)O)C1=O)C(C)(O)C(=O)O. The highest BCUT2D eigenvalue weighted by Gasteiger charge is 2.58. The van der Waals surface area contributed by atoms with Crippen LogP contribution in [0.15, 0.2) is 34.9 Å². The molecular formula is C29H45NO9. The molecule has 2 unspecified atom stereocenters. The van der Waals surface area contributed by atoms with Crippen molar-refractivity contribution in [3.8, 4) is 0 Å². The second-order valence-electron chi connectivity index (χ2n) is 10.6.